The highest BCUT2D eigenvalue weighted by molar-refractivity contribution is 9.10. The number of rotatable bonds is 6. The van der Waals surface area contributed by atoms with E-state index in [4.69, 9.17) is 16.3 Å². The molecule has 0 aliphatic heterocycles. The van der Waals surface area contributed by atoms with Gasteiger partial charge in [-0.2, -0.15) is 0 Å². The van der Waals surface area contributed by atoms with Crippen molar-refractivity contribution in [1.82, 2.24) is 5.32 Å². The summed E-state index contributed by atoms with van der Waals surface area (Å²) in [6.07, 6.45) is 0.132. The zero-order chi connectivity index (χ0) is 17.5. The second-order valence-corrected chi connectivity index (χ2v) is 6.66. The number of halogens is 2. The molecular formula is C18H17BrClNO3. The Kier molecular flexibility index (Phi) is 6.82. The number of nitrogens with one attached hydrogen (secondary N) is 1. The van der Waals surface area contributed by atoms with Gasteiger partial charge in [0.25, 0.3) is 5.91 Å². The number of amides is 1. The van der Waals surface area contributed by atoms with Crippen LogP contribution in [0.25, 0.3) is 0 Å². The molecule has 2 rings (SSSR count). The molecule has 0 unspecified atom stereocenters. The van der Waals surface area contributed by atoms with Gasteiger partial charge in [0.05, 0.1) is 12.5 Å². The van der Waals surface area contributed by atoms with E-state index in [0.717, 1.165) is 15.6 Å². The first-order valence-electron chi connectivity index (χ1n) is 7.39. The van der Waals surface area contributed by atoms with E-state index in [2.05, 4.69) is 21.2 Å². The maximum Gasteiger partial charge on any atom is 0.310 e. The van der Waals surface area contributed by atoms with Crippen LogP contribution in [0.3, 0.4) is 0 Å². The molecule has 0 radical (unpaired) electrons. The van der Waals surface area contributed by atoms with E-state index in [1.165, 1.54) is 0 Å². The molecule has 0 aromatic heterocycles. The molecule has 0 spiro atoms. The number of hydrogen-bond acceptors (Lipinski definition) is 3. The topological polar surface area (TPSA) is 55.4 Å². The van der Waals surface area contributed by atoms with E-state index in [-0.39, 0.29) is 25.0 Å². The summed E-state index contributed by atoms with van der Waals surface area (Å²) >= 11 is 9.17. The van der Waals surface area contributed by atoms with E-state index in [9.17, 15) is 9.59 Å². The van der Waals surface area contributed by atoms with Gasteiger partial charge in [-0.3, -0.25) is 9.59 Å². The Labute approximate surface area is 154 Å². The molecule has 6 heteroatoms. The van der Waals surface area contributed by atoms with E-state index in [1.54, 1.807) is 12.1 Å². The maximum absolute atomic E-state index is 11.9. The maximum atomic E-state index is 11.9. The van der Waals surface area contributed by atoms with E-state index in [0.29, 0.717) is 5.02 Å². The number of carbonyl (C=O) groups is 2. The molecule has 0 heterocycles. The van der Waals surface area contributed by atoms with Crippen LogP contribution in [0.1, 0.15) is 24.1 Å². The number of esters is 1. The molecule has 0 saturated carbocycles. The van der Waals surface area contributed by atoms with Crippen LogP contribution < -0.4 is 5.32 Å². The molecule has 0 fully saturated rings. The van der Waals surface area contributed by atoms with Crippen molar-refractivity contribution >= 4 is 39.4 Å². The fraction of sp³-hybridized carbons (Fsp3) is 0.222. The molecule has 2 aromatic rings. The minimum absolute atomic E-state index is 0.132. The van der Waals surface area contributed by atoms with Gasteiger partial charge < -0.3 is 10.1 Å². The zero-order valence-corrected chi connectivity index (χ0v) is 15.4. The lowest BCUT2D eigenvalue weighted by atomic mass is 10.1. The molecule has 0 aliphatic carbocycles. The molecule has 4 nitrogen and oxygen atoms in total. The Morgan fingerprint density at radius 2 is 1.75 bits per heavy atom. The van der Waals surface area contributed by atoms with Gasteiger partial charge in [-0.1, -0.05) is 51.8 Å². The number of benzene rings is 2. The third-order valence-electron chi connectivity index (χ3n) is 3.37. The van der Waals surface area contributed by atoms with Crippen molar-refractivity contribution in [2.45, 2.75) is 19.4 Å². The largest absolute Gasteiger partial charge is 0.455 e. The third kappa shape index (κ3) is 5.98. The summed E-state index contributed by atoms with van der Waals surface area (Å²) in [7, 11) is 0. The smallest absolute Gasteiger partial charge is 0.310 e. The normalized spacial score (nSPS) is 11.6. The van der Waals surface area contributed by atoms with Crippen LogP contribution in [0.4, 0.5) is 0 Å². The van der Waals surface area contributed by atoms with Gasteiger partial charge in [-0.25, -0.2) is 0 Å². The first-order valence-corrected chi connectivity index (χ1v) is 8.56. The fourth-order valence-electron chi connectivity index (χ4n) is 2.08. The summed E-state index contributed by atoms with van der Waals surface area (Å²) in [6, 6.07) is 14.4. The first-order chi connectivity index (χ1) is 11.4. The molecule has 24 heavy (non-hydrogen) atoms. The Balaban J connectivity index is 1.76. The van der Waals surface area contributed by atoms with E-state index < -0.39 is 5.97 Å². The Bertz CT molecular complexity index is 701. The van der Waals surface area contributed by atoms with Crippen molar-refractivity contribution in [2.75, 3.05) is 6.61 Å². The third-order valence-corrected chi connectivity index (χ3v) is 4.15. The summed E-state index contributed by atoms with van der Waals surface area (Å²) in [4.78, 5) is 23.6. The second-order valence-electron chi connectivity index (χ2n) is 5.30. The SMILES string of the molecule is C[C@@H](NC(=O)COC(=O)Cc1ccc(Br)cc1)c1ccc(Cl)cc1. The Hall–Kier alpha value is -1.85. The van der Waals surface area contributed by atoms with Gasteiger partial charge in [0, 0.05) is 9.50 Å². The zero-order valence-electron chi connectivity index (χ0n) is 13.1. The first kappa shape index (κ1) is 18.5. The van der Waals surface area contributed by atoms with Gasteiger partial charge in [0.1, 0.15) is 0 Å². The van der Waals surface area contributed by atoms with Crippen LogP contribution in [-0.2, 0) is 20.7 Å². The highest BCUT2D eigenvalue weighted by Gasteiger charge is 2.12. The van der Waals surface area contributed by atoms with Gasteiger partial charge in [-0.05, 0) is 42.3 Å². The Morgan fingerprint density at radius 1 is 1.12 bits per heavy atom. The average Bonchev–Trinajstić information content (AvgIpc) is 2.55. The van der Waals surface area contributed by atoms with Crippen molar-refractivity contribution in [1.29, 1.82) is 0 Å². The number of ether oxygens (including phenoxy) is 1. The van der Waals surface area contributed by atoms with Gasteiger partial charge in [-0.15, -0.1) is 0 Å². The molecule has 0 bridgehead atoms. The summed E-state index contributed by atoms with van der Waals surface area (Å²) < 4.78 is 5.95. The molecular weight excluding hydrogens is 394 g/mol. The van der Waals surface area contributed by atoms with Crippen molar-refractivity contribution in [2.24, 2.45) is 0 Å². The molecule has 1 amide bonds. The van der Waals surface area contributed by atoms with Gasteiger partial charge in [0.15, 0.2) is 6.61 Å². The summed E-state index contributed by atoms with van der Waals surface area (Å²) in [5.41, 5.74) is 1.76. The summed E-state index contributed by atoms with van der Waals surface area (Å²) in [5.74, 6) is -0.784. The van der Waals surface area contributed by atoms with Crippen LogP contribution >= 0.6 is 27.5 Å². The minimum Gasteiger partial charge on any atom is -0.455 e. The Morgan fingerprint density at radius 3 is 2.38 bits per heavy atom. The lowest BCUT2D eigenvalue weighted by Gasteiger charge is -2.14. The quantitative estimate of drug-likeness (QED) is 0.731. The van der Waals surface area contributed by atoms with E-state index >= 15 is 0 Å². The molecule has 0 aliphatic rings. The van der Waals surface area contributed by atoms with Gasteiger partial charge in [0.2, 0.25) is 0 Å². The lowest BCUT2D eigenvalue weighted by Crippen LogP contribution is -2.31. The fourth-order valence-corrected chi connectivity index (χ4v) is 2.47. The van der Waals surface area contributed by atoms with Crippen LogP contribution in [0.15, 0.2) is 53.0 Å². The number of carbonyl (C=O) groups excluding carboxylic acids is 2. The highest BCUT2D eigenvalue weighted by Crippen LogP contribution is 2.16. The monoisotopic (exact) mass is 409 g/mol. The standard InChI is InChI=1S/C18H17BrClNO3/c1-12(14-4-8-16(20)9-5-14)21-17(22)11-24-18(23)10-13-2-6-15(19)7-3-13/h2-9,12H,10-11H2,1H3,(H,21,22)/t12-/m1/s1. The number of hydrogen-bond donors (Lipinski definition) is 1. The molecule has 0 saturated heterocycles. The van der Waals surface area contributed by atoms with E-state index in [1.807, 2.05) is 43.3 Å². The van der Waals surface area contributed by atoms with Crippen molar-refractivity contribution in [3.05, 3.63) is 69.2 Å². The van der Waals surface area contributed by atoms with Crippen LogP contribution in [0, 0.1) is 0 Å². The average molecular weight is 411 g/mol. The van der Waals surface area contributed by atoms with Crippen molar-refractivity contribution in [3.8, 4) is 0 Å². The predicted octanol–water partition coefficient (Wildman–Crippen LogP) is 4.07. The lowest BCUT2D eigenvalue weighted by molar-refractivity contribution is -0.148. The second kappa shape index (κ2) is 8.85. The molecule has 2 aromatic carbocycles. The molecule has 126 valence electrons. The van der Waals surface area contributed by atoms with Crippen molar-refractivity contribution in [3.63, 3.8) is 0 Å². The minimum atomic E-state index is -0.438. The van der Waals surface area contributed by atoms with Gasteiger partial charge >= 0.3 is 5.97 Å². The van der Waals surface area contributed by atoms with Crippen LogP contribution in [-0.4, -0.2) is 18.5 Å². The molecule has 1 N–H and O–H groups in total. The van der Waals surface area contributed by atoms with Crippen LogP contribution in [0.5, 0.6) is 0 Å². The predicted molar refractivity (Wildman–Crippen MR) is 96.8 cm³/mol. The summed E-state index contributed by atoms with van der Waals surface area (Å²) in [6.45, 7) is 1.55. The van der Waals surface area contributed by atoms with Crippen molar-refractivity contribution < 1.29 is 14.3 Å². The highest BCUT2D eigenvalue weighted by atomic mass is 79.9. The summed E-state index contributed by atoms with van der Waals surface area (Å²) in [5, 5.41) is 3.41. The molecule has 1 atom stereocenters. The van der Waals surface area contributed by atoms with Crippen LogP contribution in [0.2, 0.25) is 5.02 Å².